The number of nitrogens with zero attached hydrogens (tertiary/aromatic N) is 3. The second-order valence-corrected chi connectivity index (χ2v) is 11.3. The van der Waals surface area contributed by atoms with Crippen LogP contribution in [0.2, 0.25) is 0 Å². The first-order chi connectivity index (χ1) is 18.3. The standard InChI is InChI=1S/C30H39F3N4O2/c1-20-7-6-8-21(2)26(20)27(38)35-15-13-29(5,14-16-35)36-17-18-37(22(3)19-36)23(4)24-9-11-25(12-10-24)34-28(39)30(31,32)33/h6-12,22-23H,13-19H2,1-5H3,(H,34,39)/t22-,23-/m0/s1. The minimum absolute atomic E-state index is 0.0273. The quantitative estimate of drug-likeness (QED) is 0.535. The average molecular weight is 545 g/mol. The minimum atomic E-state index is -4.91. The van der Waals surface area contributed by atoms with E-state index in [0.29, 0.717) is 0 Å². The van der Waals surface area contributed by atoms with Crippen molar-refractivity contribution in [3.63, 3.8) is 0 Å². The van der Waals surface area contributed by atoms with E-state index in [2.05, 4.69) is 30.6 Å². The average Bonchev–Trinajstić information content (AvgIpc) is 2.88. The molecule has 0 saturated carbocycles. The van der Waals surface area contributed by atoms with Gasteiger partial charge in [0.05, 0.1) is 0 Å². The number of benzene rings is 2. The molecule has 4 rings (SSSR count). The molecule has 0 aromatic heterocycles. The molecule has 2 aliphatic heterocycles. The lowest BCUT2D eigenvalue weighted by molar-refractivity contribution is -0.167. The largest absolute Gasteiger partial charge is 0.471 e. The van der Waals surface area contributed by atoms with E-state index in [1.165, 1.54) is 12.1 Å². The smallest absolute Gasteiger partial charge is 0.338 e. The zero-order chi connectivity index (χ0) is 28.5. The molecule has 2 saturated heterocycles. The fourth-order valence-electron chi connectivity index (χ4n) is 6.09. The van der Waals surface area contributed by atoms with Crippen LogP contribution in [0.3, 0.4) is 0 Å². The lowest BCUT2D eigenvalue weighted by atomic mass is 9.85. The fourth-order valence-corrected chi connectivity index (χ4v) is 6.09. The van der Waals surface area contributed by atoms with Crippen LogP contribution in [-0.2, 0) is 4.79 Å². The summed E-state index contributed by atoms with van der Waals surface area (Å²) in [5, 5.41) is 1.90. The molecule has 2 heterocycles. The van der Waals surface area contributed by atoms with E-state index in [1.54, 1.807) is 12.1 Å². The SMILES string of the molecule is Cc1cccc(C)c1C(=O)N1CCC(C)(N2CCN([C@@H](C)c3ccc(NC(=O)C(F)(F)F)cc3)[C@@H](C)C2)CC1. The van der Waals surface area contributed by atoms with Gasteiger partial charge in [0.15, 0.2) is 0 Å². The number of carbonyl (C=O) groups is 2. The highest BCUT2D eigenvalue weighted by molar-refractivity contribution is 5.97. The summed E-state index contributed by atoms with van der Waals surface area (Å²) in [6.07, 6.45) is -3.06. The summed E-state index contributed by atoms with van der Waals surface area (Å²) in [6, 6.07) is 12.9. The molecule has 2 aliphatic rings. The van der Waals surface area contributed by atoms with Gasteiger partial charge in [0.1, 0.15) is 0 Å². The molecule has 2 aromatic rings. The Labute approximate surface area is 229 Å². The highest BCUT2D eigenvalue weighted by atomic mass is 19.4. The summed E-state index contributed by atoms with van der Waals surface area (Å²) < 4.78 is 37.6. The van der Waals surface area contributed by atoms with Gasteiger partial charge in [-0.2, -0.15) is 13.2 Å². The summed E-state index contributed by atoms with van der Waals surface area (Å²) in [5.74, 6) is -1.84. The highest BCUT2D eigenvalue weighted by Gasteiger charge is 2.41. The van der Waals surface area contributed by atoms with E-state index in [4.69, 9.17) is 0 Å². The minimum Gasteiger partial charge on any atom is -0.338 e. The van der Waals surface area contributed by atoms with Gasteiger partial charge < -0.3 is 10.2 Å². The third kappa shape index (κ3) is 6.30. The summed E-state index contributed by atoms with van der Waals surface area (Å²) in [6.45, 7) is 14.8. The maximum Gasteiger partial charge on any atom is 0.471 e. The van der Waals surface area contributed by atoms with Crippen LogP contribution in [0.25, 0.3) is 0 Å². The van der Waals surface area contributed by atoms with Crippen molar-refractivity contribution in [2.75, 3.05) is 38.0 Å². The van der Waals surface area contributed by atoms with Crippen LogP contribution in [0.4, 0.5) is 18.9 Å². The number of rotatable bonds is 5. The van der Waals surface area contributed by atoms with E-state index in [-0.39, 0.29) is 29.2 Å². The molecule has 2 amide bonds. The molecule has 2 aromatic carbocycles. The predicted octanol–water partition coefficient (Wildman–Crippen LogP) is 5.57. The molecular formula is C30H39F3N4O2. The Balaban J connectivity index is 1.33. The van der Waals surface area contributed by atoms with Gasteiger partial charge in [-0.3, -0.25) is 19.4 Å². The predicted molar refractivity (Wildman–Crippen MR) is 147 cm³/mol. The summed E-state index contributed by atoms with van der Waals surface area (Å²) >= 11 is 0. The Morgan fingerprint density at radius 3 is 2.10 bits per heavy atom. The lowest BCUT2D eigenvalue weighted by Gasteiger charge is -2.52. The number of halogens is 3. The lowest BCUT2D eigenvalue weighted by Crippen LogP contribution is -2.62. The van der Waals surface area contributed by atoms with E-state index in [9.17, 15) is 22.8 Å². The molecule has 0 unspecified atom stereocenters. The van der Waals surface area contributed by atoms with E-state index in [0.717, 1.165) is 67.8 Å². The fraction of sp³-hybridized carbons (Fsp3) is 0.533. The molecular weight excluding hydrogens is 505 g/mol. The molecule has 212 valence electrons. The van der Waals surface area contributed by atoms with E-state index >= 15 is 0 Å². The number of carbonyl (C=O) groups excluding carboxylic acids is 2. The van der Waals surface area contributed by atoms with Crippen molar-refractivity contribution in [2.24, 2.45) is 0 Å². The first-order valence-electron chi connectivity index (χ1n) is 13.6. The van der Waals surface area contributed by atoms with Crippen molar-refractivity contribution in [1.29, 1.82) is 0 Å². The number of piperidine rings is 1. The zero-order valence-electron chi connectivity index (χ0n) is 23.4. The first kappa shape index (κ1) is 29.1. The summed E-state index contributed by atoms with van der Waals surface area (Å²) in [7, 11) is 0. The number of nitrogens with one attached hydrogen (secondary N) is 1. The number of aryl methyl sites for hydroxylation is 2. The molecule has 6 nitrogen and oxygen atoms in total. The Hall–Kier alpha value is -2.91. The number of piperazine rings is 1. The van der Waals surface area contributed by atoms with Crippen LogP contribution >= 0.6 is 0 Å². The molecule has 0 radical (unpaired) electrons. The van der Waals surface area contributed by atoms with Crippen molar-refractivity contribution < 1.29 is 22.8 Å². The third-order valence-electron chi connectivity index (χ3n) is 8.67. The maximum absolute atomic E-state index is 13.3. The molecule has 2 fully saturated rings. The maximum atomic E-state index is 13.3. The summed E-state index contributed by atoms with van der Waals surface area (Å²) in [5.41, 5.74) is 4.01. The molecule has 9 heteroatoms. The van der Waals surface area contributed by atoms with Crippen LogP contribution in [0.5, 0.6) is 0 Å². The van der Waals surface area contributed by atoms with Gasteiger partial charge in [0.2, 0.25) is 0 Å². The van der Waals surface area contributed by atoms with Crippen molar-refractivity contribution in [3.05, 3.63) is 64.7 Å². The second-order valence-electron chi connectivity index (χ2n) is 11.3. The van der Waals surface area contributed by atoms with Gasteiger partial charge in [-0.25, -0.2) is 0 Å². The normalized spacial score (nSPS) is 21.4. The number of amides is 2. The Morgan fingerprint density at radius 2 is 1.56 bits per heavy atom. The number of hydrogen-bond acceptors (Lipinski definition) is 4. The molecule has 39 heavy (non-hydrogen) atoms. The Bertz CT molecular complexity index is 1170. The van der Waals surface area contributed by atoms with Crippen molar-refractivity contribution in [1.82, 2.24) is 14.7 Å². The van der Waals surface area contributed by atoms with Gasteiger partial charge >= 0.3 is 12.1 Å². The van der Waals surface area contributed by atoms with Gasteiger partial charge in [-0.05, 0) is 76.3 Å². The second kappa shape index (κ2) is 11.3. The number of anilines is 1. The molecule has 2 atom stereocenters. The van der Waals surface area contributed by atoms with Gasteiger partial charge in [0.25, 0.3) is 5.91 Å². The van der Waals surface area contributed by atoms with Crippen molar-refractivity contribution >= 4 is 17.5 Å². The van der Waals surface area contributed by atoms with Crippen LogP contribution in [0, 0.1) is 13.8 Å². The summed E-state index contributed by atoms with van der Waals surface area (Å²) in [4.78, 5) is 31.5. The van der Waals surface area contributed by atoms with Crippen LogP contribution < -0.4 is 5.32 Å². The Morgan fingerprint density at radius 1 is 0.974 bits per heavy atom. The van der Waals surface area contributed by atoms with E-state index in [1.807, 2.05) is 42.3 Å². The van der Waals surface area contributed by atoms with Crippen molar-refractivity contribution in [3.8, 4) is 0 Å². The molecule has 1 N–H and O–H groups in total. The van der Waals surface area contributed by atoms with Gasteiger partial charge in [-0.1, -0.05) is 30.3 Å². The monoisotopic (exact) mass is 544 g/mol. The van der Waals surface area contributed by atoms with Crippen LogP contribution in [0.15, 0.2) is 42.5 Å². The van der Waals surface area contributed by atoms with Crippen LogP contribution in [0.1, 0.15) is 66.7 Å². The number of hydrogen-bond donors (Lipinski definition) is 1. The molecule has 0 spiro atoms. The third-order valence-corrected chi connectivity index (χ3v) is 8.67. The number of likely N-dealkylation sites (tertiary alicyclic amines) is 1. The molecule has 0 bridgehead atoms. The zero-order valence-corrected chi connectivity index (χ0v) is 23.4. The molecule has 0 aliphatic carbocycles. The Kier molecular flexibility index (Phi) is 8.42. The topological polar surface area (TPSA) is 55.9 Å². The number of alkyl halides is 3. The van der Waals surface area contributed by atoms with Gasteiger partial charge in [-0.15, -0.1) is 0 Å². The highest BCUT2D eigenvalue weighted by Crippen LogP contribution is 2.34. The first-order valence-corrected chi connectivity index (χ1v) is 13.6. The van der Waals surface area contributed by atoms with Crippen molar-refractivity contribution in [2.45, 2.75) is 71.3 Å². The van der Waals surface area contributed by atoms with Gasteiger partial charge in [0, 0.05) is 61.6 Å². The van der Waals surface area contributed by atoms with E-state index < -0.39 is 12.1 Å². The van der Waals surface area contributed by atoms with Crippen LogP contribution in [-0.4, -0.2) is 77.0 Å².